The molecule has 3 rings (SSSR count). The van der Waals surface area contributed by atoms with Gasteiger partial charge in [0, 0.05) is 23.0 Å². The second kappa shape index (κ2) is 5.21. The topological polar surface area (TPSA) is 25.8 Å². The van der Waals surface area contributed by atoms with Gasteiger partial charge in [-0.1, -0.05) is 18.2 Å². The molecular formula is C17H13FN2. The largest absolute Gasteiger partial charge is 0.256 e. The van der Waals surface area contributed by atoms with Crippen molar-refractivity contribution in [1.29, 1.82) is 0 Å². The van der Waals surface area contributed by atoms with E-state index in [1.165, 1.54) is 12.1 Å². The molecule has 0 atom stereocenters. The van der Waals surface area contributed by atoms with Crippen LogP contribution in [0.25, 0.3) is 22.5 Å². The number of hydrogen-bond acceptors (Lipinski definition) is 2. The smallest absolute Gasteiger partial charge is 0.123 e. The molecule has 98 valence electrons. The van der Waals surface area contributed by atoms with Gasteiger partial charge in [0.25, 0.3) is 0 Å². The van der Waals surface area contributed by atoms with E-state index in [-0.39, 0.29) is 5.82 Å². The summed E-state index contributed by atoms with van der Waals surface area (Å²) < 4.78 is 13.3. The lowest BCUT2D eigenvalue weighted by molar-refractivity contribution is 0.628. The molecule has 20 heavy (non-hydrogen) atoms. The van der Waals surface area contributed by atoms with Crippen LogP contribution in [-0.4, -0.2) is 9.97 Å². The zero-order valence-corrected chi connectivity index (χ0v) is 11.0. The fraction of sp³-hybridized carbons (Fsp3) is 0.0588. The van der Waals surface area contributed by atoms with Crippen LogP contribution in [0.4, 0.5) is 4.39 Å². The van der Waals surface area contributed by atoms with Crippen molar-refractivity contribution in [3.05, 3.63) is 72.3 Å². The predicted molar refractivity (Wildman–Crippen MR) is 77.6 cm³/mol. The van der Waals surface area contributed by atoms with Crippen LogP contribution in [0.2, 0.25) is 0 Å². The van der Waals surface area contributed by atoms with E-state index in [1.54, 1.807) is 12.3 Å². The number of hydrogen-bond donors (Lipinski definition) is 0. The number of aromatic nitrogens is 2. The Balaban J connectivity index is 2.06. The summed E-state index contributed by atoms with van der Waals surface area (Å²) in [6, 6.07) is 16.2. The molecule has 0 aliphatic heterocycles. The number of pyridine rings is 2. The van der Waals surface area contributed by atoms with Gasteiger partial charge in [-0.05, 0) is 43.3 Å². The summed E-state index contributed by atoms with van der Waals surface area (Å²) in [5.74, 6) is -0.261. The zero-order valence-electron chi connectivity index (χ0n) is 11.0. The van der Waals surface area contributed by atoms with Crippen molar-refractivity contribution >= 4 is 0 Å². The highest BCUT2D eigenvalue weighted by Gasteiger charge is 2.04. The summed E-state index contributed by atoms with van der Waals surface area (Å²) in [4.78, 5) is 8.80. The lowest BCUT2D eigenvalue weighted by Crippen LogP contribution is -1.89. The van der Waals surface area contributed by atoms with Gasteiger partial charge in [0.15, 0.2) is 0 Å². The SMILES string of the molecule is Cc1cccc(-c2ccnc(-c3cccc(F)c3)c2)n1. The van der Waals surface area contributed by atoms with Crippen molar-refractivity contribution < 1.29 is 4.39 Å². The molecule has 2 aromatic heterocycles. The van der Waals surface area contributed by atoms with E-state index in [0.29, 0.717) is 0 Å². The van der Waals surface area contributed by atoms with Gasteiger partial charge >= 0.3 is 0 Å². The van der Waals surface area contributed by atoms with E-state index in [4.69, 9.17) is 0 Å². The summed E-state index contributed by atoms with van der Waals surface area (Å²) >= 11 is 0. The first-order valence-electron chi connectivity index (χ1n) is 6.38. The molecular weight excluding hydrogens is 251 g/mol. The van der Waals surface area contributed by atoms with E-state index < -0.39 is 0 Å². The Morgan fingerprint density at radius 2 is 1.65 bits per heavy atom. The number of benzene rings is 1. The molecule has 0 fully saturated rings. The lowest BCUT2D eigenvalue weighted by atomic mass is 10.1. The molecule has 1 aromatic carbocycles. The molecule has 0 aliphatic rings. The number of rotatable bonds is 2. The van der Waals surface area contributed by atoms with Gasteiger partial charge in [-0.3, -0.25) is 9.97 Å². The van der Waals surface area contributed by atoms with Gasteiger partial charge < -0.3 is 0 Å². The normalized spacial score (nSPS) is 10.5. The Hall–Kier alpha value is -2.55. The van der Waals surface area contributed by atoms with Crippen molar-refractivity contribution in [2.75, 3.05) is 0 Å². The third-order valence-electron chi connectivity index (χ3n) is 3.06. The fourth-order valence-electron chi connectivity index (χ4n) is 2.10. The standard InChI is InChI=1S/C17H13FN2/c1-12-4-2-7-16(20-12)14-8-9-19-17(11-14)13-5-3-6-15(18)10-13/h2-11H,1H3. The van der Waals surface area contributed by atoms with Crippen molar-refractivity contribution in [3.63, 3.8) is 0 Å². The van der Waals surface area contributed by atoms with Crippen LogP contribution in [0, 0.1) is 12.7 Å². The summed E-state index contributed by atoms with van der Waals surface area (Å²) in [5, 5.41) is 0. The number of aryl methyl sites for hydroxylation is 1. The first-order chi connectivity index (χ1) is 9.72. The molecule has 3 aromatic rings. The lowest BCUT2D eigenvalue weighted by Gasteiger charge is -2.05. The van der Waals surface area contributed by atoms with Gasteiger partial charge in [0.05, 0.1) is 11.4 Å². The molecule has 0 bridgehead atoms. The second-order valence-corrected chi connectivity index (χ2v) is 4.60. The Morgan fingerprint density at radius 1 is 0.850 bits per heavy atom. The average Bonchev–Trinajstić information content (AvgIpc) is 2.47. The highest BCUT2D eigenvalue weighted by atomic mass is 19.1. The molecule has 0 unspecified atom stereocenters. The quantitative estimate of drug-likeness (QED) is 0.691. The Labute approximate surface area is 117 Å². The van der Waals surface area contributed by atoms with E-state index >= 15 is 0 Å². The summed E-state index contributed by atoms with van der Waals surface area (Å²) in [7, 11) is 0. The Bertz CT molecular complexity index is 692. The van der Waals surface area contributed by atoms with Crippen molar-refractivity contribution in [2.45, 2.75) is 6.92 Å². The van der Waals surface area contributed by atoms with E-state index in [0.717, 1.165) is 28.2 Å². The maximum Gasteiger partial charge on any atom is 0.123 e. The van der Waals surface area contributed by atoms with Crippen molar-refractivity contribution in [3.8, 4) is 22.5 Å². The molecule has 0 amide bonds. The molecule has 3 heteroatoms. The summed E-state index contributed by atoms with van der Waals surface area (Å²) in [5.41, 5.74) is 4.34. The predicted octanol–water partition coefficient (Wildman–Crippen LogP) is 4.26. The molecule has 2 nitrogen and oxygen atoms in total. The molecule has 0 aliphatic carbocycles. The first-order valence-corrected chi connectivity index (χ1v) is 6.38. The van der Waals surface area contributed by atoms with Crippen LogP contribution in [-0.2, 0) is 0 Å². The molecule has 0 saturated heterocycles. The minimum Gasteiger partial charge on any atom is -0.256 e. The molecule has 0 radical (unpaired) electrons. The molecule has 0 saturated carbocycles. The van der Waals surface area contributed by atoms with Gasteiger partial charge in [-0.15, -0.1) is 0 Å². The minimum absolute atomic E-state index is 0.261. The van der Waals surface area contributed by atoms with Gasteiger partial charge in [-0.2, -0.15) is 0 Å². The van der Waals surface area contributed by atoms with Crippen molar-refractivity contribution in [1.82, 2.24) is 9.97 Å². The molecule has 0 spiro atoms. The van der Waals surface area contributed by atoms with Crippen LogP contribution in [0.15, 0.2) is 60.8 Å². The van der Waals surface area contributed by atoms with Crippen LogP contribution in [0.3, 0.4) is 0 Å². The van der Waals surface area contributed by atoms with E-state index in [1.807, 2.05) is 43.3 Å². The van der Waals surface area contributed by atoms with Gasteiger partial charge in [0.1, 0.15) is 5.82 Å². The second-order valence-electron chi connectivity index (χ2n) is 4.60. The summed E-state index contributed by atoms with van der Waals surface area (Å²) in [6.45, 7) is 1.96. The fourth-order valence-corrected chi connectivity index (χ4v) is 2.10. The third kappa shape index (κ3) is 2.57. The zero-order chi connectivity index (χ0) is 13.9. The van der Waals surface area contributed by atoms with Crippen LogP contribution in [0.1, 0.15) is 5.69 Å². The van der Waals surface area contributed by atoms with Crippen LogP contribution in [0.5, 0.6) is 0 Å². The minimum atomic E-state index is -0.261. The van der Waals surface area contributed by atoms with Crippen molar-refractivity contribution in [2.24, 2.45) is 0 Å². The summed E-state index contributed by atoms with van der Waals surface area (Å²) in [6.07, 6.45) is 1.72. The highest BCUT2D eigenvalue weighted by Crippen LogP contribution is 2.23. The molecule has 0 N–H and O–H groups in total. The van der Waals surface area contributed by atoms with Crippen LogP contribution >= 0.6 is 0 Å². The Morgan fingerprint density at radius 3 is 2.45 bits per heavy atom. The first kappa shape index (κ1) is 12.5. The maximum absolute atomic E-state index is 13.3. The van der Waals surface area contributed by atoms with E-state index in [9.17, 15) is 4.39 Å². The van der Waals surface area contributed by atoms with Gasteiger partial charge in [-0.25, -0.2) is 4.39 Å². The van der Waals surface area contributed by atoms with E-state index in [2.05, 4.69) is 9.97 Å². The number of halogens is 1. The third-order valence-corrected chi connectivity index (χ3v) is 3.06. The van der Waals surface area contributed by atoms with Gasteiger partial charge in [0.2, 0.25) is 0 Å². The average molecular weight is 264 g/mol. The molecule has 2 heterocycles. The monoisotopic (exact) mass is 264 g/mol. The Kier molecular flexibility index (Phi) is 3.25. The number of nitrogens with zero attached hydrogens (tertiary/aromatic N) is 2. The van der Waals surface area contributed by atoms with Crippen LogP contribution < -0.4 is 0 Å². The maximum atomic E-state index is 13.3. The highest BCUT2D eigenvalue weighted by molar-refractivity contribution is 5.68.